The molecule has 0 saturated carbocycles. The highest BCUT2D eigenvalue weighted by atomic mass is 32.2. The number of carbonyl (C=O) groups excluding carboxylic acids is 5. The molecule has 1 atom stereocenters. The van der Waals surface area contributed by atoms with Gasteiger partial charge in [-0.1, -0.05) is 86.2 Å². The van der Waals surface area contributed by atoms with Crippen molar-refractivity contribution in [2.75, 3.05) is 44.2 Å². The quantitative estimate of drug-likeness (QED) is 0.0516. The van der Waals surface area contributed by atoms with Gasteiger partial charge in [-0.25, -0.2) is 13.4 Å². The van der Waals surface area contributed by atoms with Crippen LogP contribution in [0.25, 0.3) is 11.0 Å². The van der Waals surface area contributed by atoms with Crippen LogP contribution in [0.1, 0.15) is 131 Å². The number of hydrogen-bond donors (Lipinski definition) is 2. The van der Waals surface area contributed by atoms with Crippen molar-refractivity contribution in [2.45, 2.75) is 127 Å². The van der Waals surface area contributed by atoms with Gasteiger partial charge in [0.15, 0.2) is 9.84 Å². The first-order chi connectivity index (χ1) is 33.8. The summed E-state index contributed by atoms with van der Waals surface area (Å²) in [6.45, 7) is 11.5. The zero-order chi connectivity index (χ0) is 49.4. The van der Waals surface area contributed by atoms with Crippen LogP contribution < -0.4 is 15.5 Å². The van der Waals surface area contributed by atoms with E-state index in [0.717, 1.165) is 147 Å². The topological polar surface area (TPSA) is 171 Å². The first-order valence-electron chi connectivity index (χ1n) is 25.2. The fourth-order valence-corrected chi connectivity index (χ4v) is 12.4. The molecule has 5 amide bonds. The van der Waals surface area contributed by atoms with Crippen LogP contribution in [-0.2, 0) is 42.9 Å². The number of rotatable bonds is 22. The van der Waals surface area contributed by atoms with Crippen LogP contribution in [0.3, 0.4) is 0 Å². The molecule has 1 unspecified atom stereocenters. The summed E-state index contributed by atoms with van der Waals surface area (Å²) in [6, 6.07) is 24.4. The van der Waals surface area contributed by atoms with Crippen molar-refractivity contribution in [1.29, 1.82) is 0 Å². The van der Waals surface area contributed by atoms with E-state index in [1.807, 2.05) is 75.4 Å². The first kappa shape index (κ1) is 50.2. The van der Waals surface area contributed by atoms with Crippen molar-refractivity contribution in [3.05, 3.63) is 124 Å². The van der Waals surface area contributed by atoms with Gasteiger partial charge in [0.2, 0.25) is 17.7 Å². The van der Waals surface area contributed by atoms with Crippen LogP contribution >= 0.6 is 0 Å². The molecule has 3 aliphatic rings. The number of imide groups is 2. The molecule has 0 aliphatic carbocycles. The number of piperazine rings is 1. The van der Waals surface area contributed by atoms with E-state index in [1.54, 1.807) is 12.1 Å². The Kier molecular flexibility index (Phi) is 16.3. The lowest BCUT2D eigenvalue weighted by atomic mass is 10.0. The molecule has 2 N–H and O–H groups in total. The molecule has 370 valence electrons. The van der Waals surface area contributed by atoms with Gasteiger partial charge in [-0.3, -0.25) is 39.1 Å². The number of sulfone groups is 1. The Morgan fingerprint density at radius 3 is 2.20 bits per heavy atom. The maximum Gasteiger partial charge on any atom is 0.262 e. The Hall–Kier alpha value is -6.19. The zero-order valence-corrected chi connectivity index (χ0v) is 41.8. The molecule has 70 heavy (non-hydrogen) atoms. The lowest BCUT2D eigenvalue weighted by Gasteiger charge is -2.36. The molecule has 2 saturated heterocycles. The number of imidazole rings is 1. The van der Waals surface area contributed by atoms with Crippen molar-refractivity contribution in [3.8, 4) is 0 Å². The van der Waals surface area contributed by atoms with Crippen LogP contribution in [0.15, 0.2) is 83.8 Å². The number of nitrogens with one attached hydrogen (secondary N) is 2. The molecule has 2 fully saturated rings. The van der Waals surface area contributed by atoms with E-state index in [2.05, 4.69) is 37.1 Å². The molecule has 4 aromatic carbocycles. The minimum atomic E-state index is -3.55. The van der Waals surface area contributed by atoms with Gasteiger partial charge in [-0.05, 0) is 112 Å². The second-order valence-corrected chi connectivity index (χ2v) is 21.4. The lowest BCUT2D eigenvalue weighted by molar-refractivity contribution is -0.136. The van der Waals surface area contributed by atoms with Crippen molar-refractivity contribution in [2.24, 2.45) is 0 Å². The van der Waals surface area contributed by atoms with E-state index in [-0.39, 0.29) is 24.5 Å². The van der Waals surface area contributed by atoms with Crippen molar-refractivity contribution in [1.82, 2.24) is 30.0 Å². The van der Waals surface area contributed by atoms with Crippen LogP contribution in [0, 0.1) is 20.8 Å². The average Bonchev–Trinajstić information content (AvgIpc) is 3.78. The summed E-state index contributed by atoms with van der Waals surface area (Å²) in [7, 11) is -3.55. The molecule has 5 aromatic rings. The van der Waals surface area contributed by atoms with E-state index in [1.165, 1.54) is 5.56 Å². The second kappa shape index (κ2) is 22.7. The molecule has 0 radical (unpaired) electrons. The lowest BCUT2D eigenvalue weighted by Crippen LogP contribution is -2.54. The normalized spacial score (nSPS) is 16.6. The molecule has 0 bridgehead atoms. The minimum absolute atomic E-state index is 0.0745. The molecule has 15 heteroatoms. The van der Waals surface area contributed by atoms with E-state index >= 15 is 0 Å². The van der Waals surface area contributed by atoms with E-state index in [9.17, 15) is 32.4 Å². The Morgan fingerprint density at radius 1 is 0.743 bits per heavy atom. The standard InChI is InChI=1S/C55H67N7O7S/c1-38-32-39(2)52(40(3)33-38)70(68,69)37-42-20-23-47-46(34-42)57-49(61(47)36-41-16-10-9-11-17-41)18-12-5-4-7-14-26-56-50(63)19-13-6-8-15-27-59-28-30-60(31-29-59)43-21-22-44-45(35-43)55(67)62(54(44)66)48-24-25-51(64)58-53(48)65/h9-11,16-17,20-23,32-35,48H,4-8,12-15,18-19,24-31,36-37H2,1-3H3,(H,56,63)(H,58,64,65). The van der Waals surface area contributed by atoms with Gasteiger partial charge < -0.3 is 14.8 Å². The van der Waals surface area contributed by atoms with Crippen molar-refractivity contribution in [3.63, 3.8) is 0 Å². The number of anilines is 1. The van der Waals surface area contributed by atoms with Gasteiger partial charge in [0.05, 0.1) is 32.8 Å². The second-order valence-electron chi connectivity index (χ2n) is 19.4. The summed E-state index contributed by atoms with van der Waals surface area (Å²) in [5, 5.41) is 5.35. The number of fused-ring (bicyclic) bond motifs is 2. The van der Waals surface area contributed by atoms with E-state index in [0.29, 0.717) is 35.5 Å². The number of aryl methyl sites for hydroxylation is 4. The first-order valence-corrected chi connectivity index (χ1v) is 26.8. The Labute approximate surface area is 412 Å². The molecular formula is C55H67N7O7S. The number of amides is 5. The van der Waals surface area contributed by atoms with Gasteiger partial charge in [-0.15, -0.1) is 0 Å². The number of unbranched alkanes of at least 4 members (excludes halogenated alkanes) is 7. The number of piperidine rings is 1. The highest BCUT2D eigenvalue weighted by molar-refractivity contribution is 7.90. The Bertz CT molecular complexity index is 2830. The van der Waals surface area contributed by atoms with Gasteiger partial charge in [-0.2, -0.15) is 0 Å². The molecule has 3 aliphatic heterocycles. The third-order valence-electron chi connectivity index (χ3n) is 14.0. The number of carbonyl (C=O) groups is 5. The van der Waals surface area contributed by atoms with Gasteiger partial charge in [0.25, 0.3) is 11.8 Å². The fraction of sp³-hybridized carbons (Fsp3) is 0.455. The number of aromatic nitrogens is 2. The van der Waals surface area contributed by atoms with E-state index < -0.39 is 39.5 Å². The molecule has 8 rings (SSSR count). The van der Waals surface area contributed by atoms with Crippen LogP contribution in [0.4, 0.5) is 5.69 Å². The zero-order valence-electron chi connectivity index (χ0n) is 40.9. The summed E-state index contributed by atoms with van der Waals surface area (Å²) < 4.78 is 29.6. The predicted octanol–water partition coefficient (Wildman–Crippen LogP) is 7.77. The monoisotopic (exact) mass is 969 g/mol. The summed E-state index contributed by atoms with van der Waals surface area (Å²) in [5.74, 6) is -0.932. The van der Waals surface area contributed by atoms with Crippen molar-refractivity contribution < 1.29 is 32.4 Å². The average molecular weight is 970 g/mol. The molecule has 0 spiro atoms. The number of benzene rings is 4. The maximum absolute atomic E-state index is 13.7. The van der Waals surface area contributed by atoms with Crippen LogP contribution in [0.2, 0.25) is 0 Å². The van der Waals surface area contributed by atoms with Crippen LogP contribution in [0.5, 0.6) is 0 Å². The smallest absolute Gasteiger partial charge is 0.262 e. The van der Waals surface area contributed by atoms with Crippen LogP contribution in [-0.4, -0.2) is 103 Å². The molecule has 1 aromatic heterocycles. The summed E-state index contributed by atoms with van der Waals surface area (Å²) in [4.78, 5) is 74.2. The maximum atomic E-state index is 13.7. The van der Waals surface area contributed by atoms with Gasteiger partial charge >= 0.3 is 0 Å². The van der Waals surface area contributed by atoms with E-state index in [4.69, 9.17) is 4.98 Å². The van der Waals surface area contributed by atoms with Crippen molar-refractivity contribution >= 4 is 56.1 Å². The SMILES string of the molecule is Cc1cc(C)c(S(=O)(=O)Cc2ccc3c(c2)nc(CCCCCCCNC(=O)CCCCCCN2CCN(c4ccc5c(c4)C(=O)N(C4CCC(=O)NC4=O)C5=O)CC2)n3Cc2ccccc2)c(C)c1. The Morgan fingerprint density at radius 2 is 1.44 bits per heavy atom. The molecule has 14 nitrogen and oxygen atoms in total. The predicted molar refractivity (Wildman–Crippen MR) is 271 cm³/mol. The number of nitrogens with zero attached hydrogens (tertiary/aromatic N) is 5. The van der Waals surface area contributed by atoms with Gasteiger partial charge in [0, 0.05) is 64.2 Å². The third kappa shape index (κ3) is 12.0. The minimum Gasteiger partial charge on any atom is -0.369 e. The summed E-state index contributed by atoms with van der Waals surface area (Å²) >= 11 is 0. The Balaban J connectivity index is 0.694. The molecular weight excluding hydrogens is 903 g/mol. The third-order valence-corrected chi connectivity index (χ3v) is 16.0. The highest BCUT2D eigenvalue weighted by Gasteiger charge is 2.45. The van der Waals surface area contributed by atoms with Gasteiger partial charge in [0.1, 0.15) is 11.9 Å². The molecule has 4 heterocycles. The fourth-order valence-electron chi connectivity index (χ4n) is 10.5. The summed E-state index contributed by atoms with van der Waals surface area (Å²) in [5.41, 5.74) is 7.82. The largest absolute Gasteiger partial charge is 0.369 e. The summed E-state index contributed by atoms with van der Waals surface area (Å²) in [6.07, 6.45) is 10.8. The number of hydrogen-bond acceptors (Lipinski definition) is 10. The highest BCUT2D eigenvalue weighted by Crippen LogP contribution is 2.32.